The number of aromatic nitrogens is 3. The second-order valence-corrected chi connectivity index (χ2v) is 5.65. The lowest BCUT2D eigenvalue weighted by Gasteiger charge is -2.31. The fourth-order valence-corrected chi connectivity index (χ4v) is 2.80. The van der Waals surface area contributed by atoms with Gasteiger partial charge in [-0.3, -0.25) is 10.1 Å². The first-order chi connectivity index (χ1) is 10.5. The Bertz CT molecular complexity index is 705. The lowest BCUT2D eigenvalue weighted by molar-refractivity contribution is -0.384. The van der Waals surface area contributed by atoms with E-state index in [-0.39, 0.29) is 16.6 Å². The molecule has 0 spiro atoms. The highest BCUT2D eigenvalue weighted by Crippen LogP contribution is 2.33. The molecule has 0 amide bonds. The van der Waals surface area contributed by atoms with Crippen LogP contribution in [-0.2, 0) is 0 Å². The summed E-state index contributed by atoms with van der Waals surface area (Å²) < 4.78 is 5.22. The zero-order valence-corrected chi connectivity index (χ0v) is 12.7. The van der Waals surface area contributed by atoms with E-state index in [9.17, 15) is 10.1 Å². The van der Waals surface area contributed by atoms with Crippen LogP contribution in [0.2, 0.25) is 5.02 Å². The van der Waals surface area contributed by atoms with Gasteiger partial charge < -0.3 is 9.42 Å². The number of rotatable bonds is 3. The van der Waals surface area contributed by atoms with Crippen LogP contribution >= 0.6 is 11.6 Å². The molecule has 9 heteroatoms. The minimum absolute atomic E-state index is 0.0482. The lowest BCUT2D eigenvalue weighted by atomic mass is 9.98. The van der Waals surface area contributed by atoms with Gasteiger partial charge in [-0.2, -0.15) is 4.98 Å². The lowest BCUT2D eigenvalue weighted by Crippen LogP contribution is -2.35. The van der Waals surface area contributed by atoms with Gasteiger partial charge in [-0.1, -0.05) is 16.8 Å². The van der Waals surface area contributed by atoms with Gasteiger partial charge in [0.05, 0.1) is 15.9 Å². The highest BCUT2D eigenvalue weighted by Gasteiger charge is 2.30. The molecule has 0 saturated carbocycles. The molecule has 3 heterocycles. The molecule has 22 heavy (non-hydrogen) atoms. The van der Waals surface area contributed by atoms with E-state index in [2.05, 4.69) is 15.1 Å². The molecule has 0 radical (unpaired) electrons. The van der Waals surface area contributed by atoms with Crippen molar-refractivity contribution in [3.63, 3.8) is 0 Å². The average molecular weight is 324 g/mol. The summed E-state index contributed by atoms with van der Waals surface area (Å²) in [5, 5.41) is 15.3. The van der Waals surface area contributed by atoms with Crippen LogP contribution < -0.4 is 4.90 Å². The van der Waals surface area contributed by atoms with E-state index < -0.39 is 4.92 Å². The number of anilines is 1. The van der Waals surface area contributed by atoms with Gasteiger partial charge in [-0.25, -0.2) is 4.98 Å². The summed E-state index contributed by atoms with van der Waals surface area (Å²) in [4.78, 5) is 21.0. The quantitative estimate of drug-likeness (QED) is 0.632. The van der Waals surface area contributed by atoms with Crippen molar-refractivity contribution in [2.24, 2.45) is 0 Å². The molecule has 1 atom stereocenters. The molecule has 2 aromatic heterocycles. The van der Waals surface area contributed by atoms with E-state index in [4.69, 9.17) is 16.1 Å². The average Bonchev–Trinajstić information content (AvgIpc) is 2.94. The van der Waals surface area contributed by atoms with Crippen molar-refractivity contribution < 1.29 is 9.45 Å². The normalized spacial score (nSPS) is 18.5. The summed E-state index contributed by atoms with van der Waals surface area (Å²) >= 11 is 5.81. The number of halogens is 1. The number of pyridine rings is 1. The molecule has 1 fully saturated rings. The molecule has 1 aliphatic heterocycles. The maximum atomic E-state index is 11.2. The summed E-state index contributed by atoms with van der Waals surface area (Å²) in [6, 6.07) is 1.32. The van der Waals surface area contributed by atoms with Gasteiger partial charge in [0.1, 0.15) is 0 Å². The molecule has 0 N–H and O–H groups in total. The molecule has 116 valence electrons. The minimum atomic E-state index is -0.464. The molecule has 0 aliphatic carbocycles. The number of hydrogen-bond acceptors (Lipinski definition) is 7. The zero-order valence-electron chi connectivity index (χ0n) is 11.9. The fourth-order valence-electron chi connectivity index (χ4n) is 2.65. The van der Waals surface area contributed by atoms with E-state index in [1.165, 1.54) is 12.3 Å². The van der Waals surface area contributed by atoms with Crippen molar-refractivity contribution in [3.8, 4) is 0 Å². The van der Waals surface area contributed by atoms with E-state index >= 15 is 0 Å². The summed E-state index contributed by atoms with van der Waals surface area (Å²) in [5.74, 6) is 1.53. The first-order valence-electron chi connectivity index (χ1n) is 6.89. The number of aryl methyl sites for hydroxylation is 1. The van der Waals surface area contributed by atoms with E-state index in [1.54, 1.807) is 6.92 Å². The molecule has 2 aromatic rings. The Morgan fingerprint density at radius 1 is 1.55 bits per heavy atom. The first-order valence-corrected chi connectivity index (χ1v) is 7.27. The SMILES string of the molecule is Cc1noc([C@@H]2CCCN(c3ncc(Cl)cc3[N+](=O)[O-])C2)n1. The van der Waals surface area contributed by atoms with Crippen LogP contribution in [0.4, 0.5) is 11.5 Å². The largest absolute Gasteiger partial charge is 0.350 e. The van der Waals surface area contributed by atoms with Crippen LogP contribution in [-0.4, -0.2) is 33.1 Å². The maximum absolute atomic E-state index is 11.2. The smallest absolute Gasteiger partial charge is 0.313 e. The molecule has 0 unspecified atom stereocenters. The number of nitro groups is 1. The summed E-state index contributed by atoms with van der Waals surface area (Å²) in [6.45, 7) is 3.01. The van der Waals surface area contributed by atoms with Crippen LogP contribution in [0, 0.1) is 17.0 Å². The highest BCUT2D eigenvalue weighted by molar-refractivity contribution is 6.30. The van der Waals surface area contributed by atoms with Crippen LogP contribution in [0.25, 0.3) is 0 Å². The number of hydrogen-bond donors (Lipinski definition) is 0. The van der Waals surface area contributed by atoms with Crippen molar-refractivity contribution in [1.29, 1.82) is 0 Å². The summed E-state index contributed by atoms with van der Waals surface area (Å²) in [5.41, 5.74) is -0.0881. The third kappa shape index (κ3) is 2.87. The van der Waals surface area contributed by atoms with Crippen molar-refractivity contribution in [3.05, 3.63) is 39.1 Å². The Morgan fingerprint density at radius 2 is 2.36 bits per heavy atom. The molecule has 1 saturated heterocycles. The minimum Gasteiger partial charge on any atom is -0.350 e. The van der Waals surface area contributed by atoms with Crippen LogP contribution in [0.3, 0.4) is 0 Å². The van der Waals surface area contributed by atoms with E-state index in [0.29, 0.717) is 30.6 Å². The number of piperidine rings is 1. The molecule has 0 aromatic carbocycles. The van der Waals surface area contributed by atoms with Gasteiger partial charge in [0, 0.05) is 25.4 Å². The van der Waals surface area contributed by atoms with Gasteiger partial charge in [-0.15, -0.1) is 0 Å². The van der Waals surface area contributed by atoms with Crippen LogP contribution in [0.1, 0.15) is 30.5 Å². The van der Waals surface area contributed by atoms with Crippen LogP contribution in [0.5, 0.6) is 0 Å². The molecule has 1 aliphatic rings. The monoisotopic (exact) mass is 323 g/mol. The Kier molecular flexibility index (Phi) is 3.93. The molecular weight excluding hydrogens is 310 g/mol. The maximum Gasteiger partial charge on any atom is 0.313 e. The topological polar surface area (TPSA) is 98.2 Å². The van der Waals surface area contributed by atoms with Gasteiger partial charge >= 0.3 is 5.69 Å². The Morgan fingerprint density at radius 3 is 3.05 bits per heavy atom. The number of nitrogens with zero attached hydrogens (tertiary/aromatic N) is 5. The van der Waals surface area contributed by atoms with Gasteiger partial charge in [0.2, 0.25) is 11.7 Å². The van der Waals surface area contributed by atoms with Crippen molar-refractivity contribution in [2.45, 2.75) is 25.7 Å². The Hall–Kier alpha value is -2.22. The standard InChI is InChI=1S/C13H14ClN5O3/c1-8-16-13(22-17-8)9-3-2-4-18(7-9)12-11(19(20)21)5-10(14)6-15-12/h5-6,9H,2-4,7H2,1H3/t9-/m1/s1. The fraction of sp³-hybridized carbons (Fsp3) is 0.462. The summed E-state index contributed by atoms with van der Waals surface area (Å²) in [6.07, 6.45) is 3.19. The molecule has 0 bridgehead atoms. The van der Waals surface area contributed by atoms with Crippen LogP contribution in [0.15, 0.2) is 16.8 Å². The van der Waals surface area contributed by atoms with Gasteiger partial charge in [0.25, 0.3) is 0 Å². The zero-order chi connectivity index (χ0) is 15.7. The summed E-state index contributed by atoms with van der Waals surface area (Å²) in [7, 11) is 0. The van der Waals surface area contributed by atoms with Gasteiger partial charge in [0.15, 0.2) is 5.82 Å². The predicted molar refractivity (Wildman–Crippen MR) is 79.1 cm³/mol. The Labute approximate surface area is 131 Å². The predicted octanol–water partition coefficient (Wildman–Crippen LogP) is 2.72. The second kappa shape index (κ2) is 5.88. The third-order valence-corrected chi connectivity index (χ3v) is 3.83. The Balaban J connectivity index is 1.87. The van der Waals surface area contributed by atoms with E-state index in [0.717, 1.165) is 12.8 Å². The highest BCUT2D eigenvalue weighted by atomic mass is 35.5. The first kappa shape index (κ1) is 14.7. The third-order valence-electron chi connectivity index (χ3n) is 3.62. The van der Waals surface area contributed by atoms with E-state index in [1.807, 2.05) is 4.90 Å². The van der Waals surface area contributed by atoms with Crippen molar-refractivity contribution in [1.82, 2.24) is 15.1 Å². The molecular formula is C13H14ClN5O3. The van der Waals surface area contributed by atoms with Gasteiger partial charge in [-0.05, 0) is 19.8 Å². The second-order valence-electron chi connectivity index (χ2n) is 5.22. The van der Waals surface area contributed by atoms with Crippen molar-refractivity contribution >= 4 is 23.1 Å². The molecule has 3 rings (SSSR count). The van der Waals surface area contributed by atoms with Crippen molar-refractivity contribution in [2.75, 3.05) is 18.0 Å². The molecule has 8 nitrogen and oxygen atoms in total.